The van der Waals surface area contributed by atoms with Crippen molar-refractivity contribution in [1.29, 1.82) is 0 Å². The van der Waals surface area contributed by atoms with Crippen molar-refractivity contribution in [3.05, 3.63) is 12.7 Å². The summed E-state index contributed by atoms with van der Waals surface area (Å²) < 4.78 is 7.56. The average molecular weight is 410 g/mol. The smallest absolute Gasteiger partial charge is 0.167 e. The lowest BCUT2D eigenvalue weighted by Gasteiger charge is -2.29. The number of aromatic nitrogens is 4. The number of imidazole rings is 1. The molecule has 11 heteroatoms. The standard InChI is InChI=1S/C17H27N7O3S/c18-10-1-3-23(4-2-10)5-6-28-7-11-13(25)14(26)17(27-11)24-9-22-12-15(19)20-8-21-16(12)24/h8-11,13-14,17,25-26H,1-7,18H2,(H2,19,20,21)/t11-,13-,14-,17-/m1/s1. The molecule has 28 heavy (non-hydrogen) atoms. The molecular weight excluding hydrogens is 382 g/mol. The zero-order chi connectivity index (χ0) is 19.7. The van der Waals surface area contributed by atoms with Crippen molar-refractivity contribution >= 4 is 28.7 Å². The van der Waals surface area contributed by atoms with Crippen molar-refractivity contribution in [3.63, 3.8) is 0 Å². The molecule has 0 amide bonds. The maximum Gasteiger partial charge on any atom is 0.167 e. The molecular formula is C17H27N7O3S. The van der Waals surface area contributed by atoms with Crippen molar-refractivity contribution in [2.45, 2.75) is 43.4 Å². The minimum atomic E-state index is -1.07. The molecule has 10 nitrogen and oxygen atoms in total. The van der Waals surface area contributed by atoms with Crippen LogP contribution in [-0.2, 0) is 4.74 Å². The minimum absolute atomic E-state index is 0.266. The fraction of sp³-hybridized carbons (Fsp3) is 0.706. The number of ether oxygens (including phenoxy) is 1. The summed E-state index contributed by atoms with van der Waals surface area (Å²) in [5.74, 6) is 1.81. The Hall–Kier alpha value is -1.50. The van der Waals surface area contributed by atoms with Gasteiger partial charge >= 0.3 is 0 Å². The lowest BCUT2D eigenvalue weighted by Crippen LogP contribution is -2.40. The lowest BCUT2D eigenvalue weighted by atomic mass is 10.1. The number of fused-ring (bicyclic) bond motifs is 1. The topological polar surface area (TPSA) is 149 Å². The van der Waals surface area contributed by atoms with Crippen LogP contribution in [0.15, 0.2) is 12.7 Å². The summed E-state index contributed by atoms with van der Waals surface area (Å²) in [6.45, 7) is 3.09. The van der Waals surface area contributed by atoms with Gasteiger partial charge in [0.2, 0.25) is 0 Å². The highest BCUT2D eigenvalue weighted by molar-refractivity contribution is 7.99. The second-order valence-electron chi connectivity index (χ2n) is 7.38. The number of likely N-dealkylation sites (tertiary alicyclic amines) is 1. The largest absolute Gasteiger partial charge is 0.387 e. The van der Waals surface area contributed by atoms with Crippen LogP contribution in [0, 0.1) is 0 Å². The average Bonchev–Trinajstić information content (AvgIpc) is 3.24. The lowest BCUT2D eigenvalue weighted by molar-refractivity contribution is -0.0289. The third-order valence-corrected chi connectivity index (χ3v) is 6.50. The second-order valence-corrected chi connectivity index (χ2v) is 8.53. The van der Waals surface area contributed by atoms with E-state index < -0.39 is 24.5 Å². The van der Waals surface area contributed by atoms with Gasteiger partial charge < -0.3 is 31.3 Å². The molecule has 2 aromatic rings. The molecule has 4 heterocycles. The van der Waals surface area contributed by atoms with Crippen LogP contribution in [0.25, 0.3) is 11.2 Å². The summed E-state index contributed by atoms with van der Waals surface area (Å²) in [6, 6.07) is 0.337. The Balaban J connectivity index is 1.32. The number of nitrogen functional groups attached to an aromatic ring is 1. The van der Waals surface area contributed by atoms with Crippen molar-refractivity contribution < 1.29 is 14.9 Å². The van der Waals surface area contributed by atoms with E-state index in [4.69, 9.17) is 16.2 Å². The molecule has 0 saturated carbocycles. The van der Waals surface area contributed by atoms with Crippen LogP contribution in [0.2, 0.25) is 0 Å². The molecule has 2 aromatic heterocycles. The quantitative estimate of drug-likeness (QED) is 0.446. The molecule has 2 aliphatic heterocycles. The summed E-state index contributed by atoms with van der Waals surface area (Å²) >= 11 is 1.72. The summed E-state index contributed by atoms with van der Waals surface area (Å²) in [5.41, 5.74) is 12.7. The number of nitrogens with zero attached hydrogens (tertiary/aromatic N) is 5. The number of nitrogens with two attached hydrogens (primary N) is 2. The van der Waals surface area contributed by atoms with Crippen LogP contribution >= 0.6 is 11.8 Å². The molecule has 2 aliphatic rings. The number of piperidine rings is 1. The van der Waals surface area contributed by atoms with E-state index >= 15 is 0 Å². The molecule has 4 atom stereocenters. The predicted octanol–water partition coefficient (Wildman–Crippen LogP) is -0.816. The molecule has 0 bridgehead atoms. The van der Waals surface area contributed by atoms with Crippen LogP contribution in [0.1, 0.15) is 19.1 Å². The number of aliphatic hydroxyl groups is 2. The fourth-order valence-electron chi connectivity index (χ4n) is 3.72. The van der Waals surface area contributed by atoms with Gasteiger partial charge in [0, 0.05) is 24.1 Å². The normalized spacial score (nSPS) is 29.7. The molecule has 154 valence electrons. The van der Waals surface area contributed by atoms with E-state index in [0.29, 0.717) is 23.0 Å². The van der Waals surface area contributed by atoms with E-state index in [1.165, 1.54) is 12.7 Å². The van der Waals surface area contributed by atoms with E-state index in [1.54, 1.807) is 16.3 Å². The van der Waals surface area contributed by atoms with Crippen molar-refractivity contribution in [2.24, 2.45) is 5.73 Å². The zero-order valence-electron chi connectivity index (χ0n) is 15.6. The van der Waals surface area contributed by atoms with Gasteiger partial charge in [-0.05, 0) is 25.9 Å². The second kappa shape index (κ2) is 8.47. The van der Waals surface area contributed by atoms with Gasteiger partial charge in [0.1, 0.15) is 24.1 Å². The van der Waals surface area contributed by atoms with Crippen LogP contribution in [0.4, 0.5) is 5.82 Å². The van der Waals surface area contributed by atoms with Crippen molar-refractivity contribution in [3.8, 4) is 0 Å². The molecule has 0 unspecified atom stereocenters. The van der Waals surface area contributed by atoms with Crippen LogP contribution in [0.3, 0.4) is 0 Å². The number of hydrogen-bond acceptors (Lipinski definition) is 10. The summed E-state index contributed by atoms with van der Waals surface area (Å²) in [4.78, 5) is 14.7. The summed E-state index contributed by atoms with van der Waals surface area (Å²) in [7, 11) is 0. The Kier molecular flexibility index (Phi) is 5.99. The molecule has 0 radical (unpaired) electrons. The SMILES string of the molecule is Nc1ncnc2c1ncn2[C@@H]1O[C@H](CSCCN2CCC(N)CC2)[C@@H](O)[C@H]1O. The number of anilines is 1. The Morgan fingerprint density at radius 3 is 2.75 bits per heavy atom. The van der Waals surface area contributed by atoms with E-state index in [1.807, 2.05) is 0 Å². The van der Waals surface area contributed by atoms with Gasteiger partial charge in [-0.1, -0.05) is 0 Å². The van der Waals surface area contributed by atoms with Gasteiger partial charge in [-0.2, -0.15) is 11.8 Å². The summed E-state index contributed by atoms with van der Waals surface area (Å²) in [6.07, 6.45) is 1.69. The summed E-state index contributed by atoms with van der Waals surface area (Å²) in [5, 5.41) is 20.9. The van der Waals surface area contributed by atoms with Crippen molar-refractivity contribution in [1.82, 2.24) is 24.4 Å². The first kappa shape index (κ1) is 19.8. The van der Waals surface area contributed by atoms with Gasteiger partial charge in [-0.3, -0.25) is 4.57 Å². The Morgan fingerprint density at radius 2 is 1.96 bits per heavy atom. The molecule has 0 spiro atoms. The molecule has 2 saturated heterocycles. The van der Waals surface area contributed by atoms with E-state index in [2.05, 4.69) is 19.9 Å². The highest BCUT2D eigenvalue weighted by Gasteiger charge is 2.44. The van der Waals surface area contributed by atoms with Crippen LogP contribution in [0.5, 0.6) is 0 Å². The number of rotatable bonds is 6. The van der Waals surface area contributed by atoms with E-state index in [9.17, 15) is 10.2 Å². The maximum atomic E-state index is 10.5. The third-order valence-electron chi connectivity index (χ3n) is 5.46. The predicted molar refractivity (Wildman–Crippen MR) is 107 cm³/mol. The van der Waals surface area contributed by atoms with Gasteiger partial charge in [-0.15, -0.1) is 0 Å². The van der Waals surface area contributed by atoms with Crippen molar-refractivity contribution in [2.75, 3.05) is 36.9 Å². The fourth-order valence-corrected chi connectivity index (χ4v) is 4.78. The zero-order valence-corrected chi connectivity index (χ0v) is 16.4. The van der Waals surface area contributed by atoms with Crippen LogP contribution < -0.4 is 11.5 Å². The monoisotopic (exact) mass is 409 g/mol. The number of hydrogen-bond donors (Lipinski definition) is 4. The van der Waals surface area contributed by atoms with Gasteiger partial charge in [0.15, 0.2) is 17.7 Å². The van der Waals surface area contributed by atoms with Gasteiger partial charge in [0.25, 0.3) is 0 Å². The highest BCUT2D eigenvalue weighted by Crippen LogP contribution is 2.33. The molecule has 2 fully saturated rings. The van der Waals surface area contributed by atoms with Gasteiger partial charge in [0.05, 0.1) is 12.4 Å². The number of aliphatic hydroxyl groups excluding tert-OH is 2. The first-order chi connectivity index (χ1) is 13.5. The van der Waals surface area contributed by atoms with Gasteiger partial charge in [-0.25, -0.2) is 15.0 Å². The molecule has 0 aromatic carbocycles. The van der Waals surface area contributed by atoms with E-state index in [-0.39, 0.29) is 5.82 Å². The Labute approximate surface area is 167 Å². The molecule has 4 rings (SSSR count). The highest BCUT2D eigenvalue weighted by atomic mass is 32.2. The third kappa shape index (κ3) is 3.95. The first-order valence-electron chi connectivity index (χ1n) is 9.55. The Morgan fingerprint density at radius 1 is 1.18 bits per heavy atom. The maximum absolute atomic E-state index is 10.5. The minimum Gasteiger partial charge on any atom is -0.387 e. The Bertz CT molecular complexity index is 798. The first-order valence-corrected chi connectivity index (χ1v) is 10.7. The van der Waals surface area contributed by atoms with Crippen LogP contribution in [-0.4, -0.2) is 90.1 Å². The molecule has 6 N–H and O–H groups in total. The molecule has 0 aliphatic carbocycles. The number of thioether (sulfide) groups is 1. The van der Waals surface area contributed by atoms with E-state index in [0.717, 1.165) is 38.2 Å².